The van der Waals surface area contributed by atoms with Gasteiger partial charge in [-0.2, -0.15) is 0 Å². The Bertz CT molecular complexity index is 253. The lowest BCUT2D eigenvalue weighted by Crippen LogP contribution is -2.47. The number of hydrogen-bond acceptors (Lipinski definition) is 4. The Kier molecular flexibility index (Phi) is 7.05. The normalized spacial score (nSPS) is 20.3. The van der Waals surface area contributed by atoms with Crippen molar-refractivity contribution in [3.05, 3.63) is 0 Å². The molecule has 0 heterocycles. The maximum atomic E-state index is 9.25. The third-order valence-corrected chi connectivity index (χ3v) is 3.92. The van der Waals surface area contributed by atoms with Crippen molar-refractivity contribution < 1.29 is 10.3 Å². The zero-order valence-electron chi connectivity index (χ0n) is 11.4. The van der Waals surface area contributed by atoms with Gasteiger partial charge in [0.05, 0.1) is 6.61 Å². The zero-order chi connectivity index (χ0) is 13.4. The molecule has 1 rings (SSSR count). The molecule has 0 saturated heterocycles. The highest BCUT2D eigenvalue weighted by Crippen LogP contribution is 2.25. The quantitative estimate of drug-likeness (QED) is 0.279. The predicted octanol–water partition coefficient (Wildman–Crippen LogP) is 1.53. The molecule has 0 aliphatic heterocycles. The van der Waals surface area contributed by atoms with E-state index in [9.17, 15) is 5.11 Å². The lowest BCUT2D eigenvalue weighted by molar-refractivity contribution is 0.0803. The summed E-state index contributed by atoms with van der Waals surface area (Å²) in [7, 11) is 0. The van der Waals surface area contributed by atoms with Gasteiger partial charge >= 0.3 is 0 Å². The van der Waals surface area contributed by atoms with E-state index in [1.54, 1.807) is 0 Å². The molecule has 0 aromatic carbocycles. The molecule has 0 aromatic heterocycles. The van der Waals surface area contributed by atoms with Crippen LogP contribution in [0, 0.1) is 0 Å². The molecule has 0 bridgehead atoms. The molecule has 18 heavy (non-hydrogen) atoms. The summed E-state index contributed by atoms with van der Waals surface area (Å²) >= 11 is 0. The number of amidine groups is 1. The molecular formula is C13H27N3O2. The van der Waals surface area contributed by atoms with Gasteiger partial charge in [-0.1, -0.05) is 31.3 Å². The topological polar surface area (TPSA) is 82.1 Å². The van der Waals surface area contributed by atoms with Crippen molar-refractivity contribution in [1.29, 1.82) is 0 Å². The summed E-state index contributed by atoms with van der Waals surface area (Å²) in [6.45, 7) is 2.97. The molecule has 4 N–H and O–H groups in total. The maximum absolute atomic E-state index is 9.25. The highest BCUT2D eigenvalue weighted by atomic mass is 16.4. The number of hydrogen-bond donors (Lipinski definition) is 3. The van der Waals surface area contributed by atoms with Crippen LogP contribution in [0.2, 0.25) is 0 Å². The Hall–Kier alpha value is -0.810. The highest BCUT2D eigenvalue weighted by molar-refractivity contribution is 5.80. The fourth-order valence-electron chi connectivity index (χ4n) is 2.97. The molecule has 5 heteroatoms. The van der Waals surface area contributed by atoms with E-state index >= 15 is 0 Å². The molecule has 106 valence electrons. The van der Waals surface area contributed by atoms with Crippen LogP contribution in [0.4, 0.5) is 0 Å². The Morgan fingerprint density at radius 3 is 2.56 bits per heavy atom. The van der Waals surface area contributed by atoms with E-state index in [4.69, 9.17) is 10.9 Å². The SMILES string of the molecule is CCC(CC(N)=NO)N(CCO)C1CCCCC1. The number of aliphatic hydroxyl groups excluding tert-OH is 1. The van der Waals surface area contributed by atoms with Crippen molar-refractivity contribution in [3.63, 3.8) is 0 Å². The van der Waals surface area contributed by atoms with E-state index in [-0.39, 0.29) is 18.5 Å². The Morgan fingerprint density at radius 2 is 2.06 bits per heavy atom. The van der Waals surface area contributed by atoms with Gasteiger partial charge in [-0.05, 0) is 19.3 Å². The largest absolute Gasteiger partial charge is 0.409 e. The van der Waals surface area contributed by atoms with Crippen LogP contribution in [0.15, 0.2) is 5.16 Å². The number of nitrogens with two attached hydrogens (primary N) is 1. The number of nitrogens with zero attached hydrogens (tertiary/aromatic N) is 2. The average molecular weight is 257 g/mol. The second-order valence-corrected chi connectivity index (χ2v) is 5.11. The standard InChI is InChI=1S/C13H27N3O2/c1-2-11(10-13(14)15-18)16(8-9-17)12-6-4-3-5-7-12/h11-12,17-18H,2-10H2,1H3,(H2,14,15). The second kappa shape index (κ2) is 8.32. The Labute approximate surface area is 110 Å². The fourth-order valence-corrected chi connectivity index (χ4v) is 2.97. The van der Waals surface area contributed by atoms with Crippen LogP contribution in [0.1, 0.15) is 51.9 Å². The highest BCUT2D eigenvalue weighted by Gasteiger charge is 2.26. The van der Waals surface area contributed by atoms with Crippen LogP contribution in [0.5, 0.6) is 0 Å². The van der Waals surface area contributed by atoms with Crippen molar-refractivity contribution in [2.45, 2.75) is 64.0 Å². The first-order valence-corrected chi connectivity index (χ1v) is 7.05. The van der Waals surface area contributed by atoms with E-state index in [0.29, 0.717) is 19.0 Å². The monoisotopic (exact) mass is 257 g/mol. The summed E-state index contributed by atoms with van der Waals surface area (Å²) in [6, 6.07) is 0.804. The van der Waals surface area contributed by atoms with Gasteiger partial charge in [0, 0.05) is 25.0 Å². The van der Waals surface area contributed by atoms with Gasteiger partial charge in [-0.3, -0.25) is 4.90 Å². The smallest absolute Gasteiger partial charge is 0.140 e. The molecule has 1 unspecified atom stereocenters. The molecule has 0 radical (unpaired) electrons. The summed E-state index contributed by atoms with van der Waals surface area (Å²) in [4.78, 5) is 2.36. The van der Waals surface area contributed by atoms with Crippen LogP contribution in [0.3, 0.4) is 0 Å². The van der Waals surface area contributed by atoms with Crippen LogP contribution in [-0.2, 0) is 0 Å². The fraction of sp³-hybridized carbons (Fsp3) is 0.923. The van der Waals surface area contributed by atoms with Crippen molar-refractivity contribution in [2.24, 2.45) is 10.9 Å². The molecular weight excluding hydrogens is 230 g/mol. The van der Waals surface area contributed by atoms with E-state index in [2.05, 4.69) is 17.0 Å². The molecule has 1 saturated carbocycles. The molecule has 1 fully saturated rings. The van der Waals surface area contributed by atoms with Gasteiger partial charge in [0.15, 0.2) is 0 Å². The number of oxime groups is 1. The van der Waals surface area contributed by atoms with E-state index in [1.165, 1.54) is 32.1 Å². The van der Waals surface area contributed by atoms with Gasteiger partial charge in [0.25, 0.3) is 0 Å². The molecule has 1 aliphatic rings. The molecule has 0 spiro atoms. The van der Waals surface area contributed by atoms with Crippen LogP contribution >= 0.6 is 0 Å². The first-order valence-electron chi connectivity index (χ1n) is 7.05. The van der Waals surface area contributed by atoms with E-state index < -0.39 is 0 Å². The Balaban J connectivity index is 2.66. The molecule has 1 atom stereocenters. The van der Waals surface area contributed by atoms with E-state index in [0.717, 1.165) is 6.42 Å². The first-order chi connectivity index (χ1) is 8.72. The number of aliphatic hydroxyl groups is 1. The lowest BCUT2D eigenvalue weighted by atomic mass is 9.92. The van der Waals surface area contributed by atoms with Crippen molar-refractivity contribution in [1.82, 2.24) is 4.90 Å². The summed E-state index contributed by atoms with van der Waals surface area (Å²) in [5.41, 5.74) is 5.62. The molecule has 5 nitrogen and oxygen atoms in total. The minimum atomic E-state index is 0.170. The van der Waals surface area contributed by atoms with Crippen molar-refractivity contribution in [2.75, 3.05) is 13.2 Å². The van der Waals surface area contributed by atoms with Crippen molar-refractivity contribution in [3.8, 4) is 0 Å². The van der Waals surface area contributed by atoms with Crippen LogP contribution in [-0.4, -0.2) is 46.3 Å². The zero-order valence-corrected chi connectivity index (χ0v) is 11.4. The van der Waals surface area contributed by atoms with Gasteiger partial charge in [-0.25, -0.2) is 0 Å². The summed E-state index contributed by atoms with van der Waals surface area (Å²) < 4.78 is 0. The Morgan fingerprint density at radius 1 is 1.39 bits per heavy atom. The lowest BCUT2D eigenvalue weighted by Gasteiger charge is -2.39. The number of rotatable bonds is 7. The van der Waals surface area contributed by atoms with Gasteiger partial charge in [-0.15, -0.1) is 0 Å². The predicted molar refractivity (Wildman–Crippen MR) is 72.8 cm³/mol. The third kappa shape index (κ3) is 4.46. The summed E-state index contributed by atoms with van der Waals surface area (Å²) in [5.74, 6) is 0.278. The average Bonchev–Trinajstić information content (AvgIpc) is 2.43. The van der Waals surface area contributed by atoms with Gasteiger partial charge in [0.1, 0.15) is 5.84 Å². The summed E-state index contributed by atoms with van der Waals surface area (Å²) in [6.07, 6.45) is 7.79. The maximum Gasteiger partial charge on any atom is 0.140 e. The van der Waals surface area contributed by atoms with Crippen LogP contribution < -0.4 is 5.73 Å². The third-order valence-electron chi connectivity index (χ3n) is 3.92. The minimum Gasteiger partial charge on any atom is -0.409 e. The van der Waals surface area contributed by atoms with Crippen molar-refractivity contribution >= 4 is 5.84 Å². The molecule has 1 aliphatic carbocycles. The minimum absolute atomic E-state index is 0.170. The summed E-state index contributed by atoms with van der Waals surface area (Å²) in [5, 5.41) is 21.0. The molecule has 0 aromatic rings. The first kappa shape index (κ1) is 15.2. The molecule has 0 amide bonds. The van der Waals surface area contributed by atoms with Gasteiger partial charge < -0.3 is 16.0 Å². The van der Waals surface area contributed by atoms with Gasteiger partial charge in [0.2, 0.25) is 0 Å². The second-order valence-electron chi connectivity index (χ2n) is 5.11. The van der Waals surface area contributed by atoms with Crippen LogP contribution in [0.25, 0.3) is 0 Å². The van der Waals surface area contributed by atoms with E-state index in [1.807, 2.05) is 0 Å².